The topological polar surface area (TPSA) is 88.1 Å². The molecule has 13 heteroatoms. The summed E-state index contributed by atoms with van der Waals surface area (Å²) in [6, 6.07) is 12.7. The molecular formula is C33H38F6O7. The summed E-state index contributed by atoms with van der Waals surface area (Å²) >= 11 is 0. The van der Waals surface area contributed by atoms with Crippen LogP contribution in [-0.4, -0.2) is 57.0 Å². The average Bonchev–Trinajstić information content (AvgIpc) is 2.96. The van der Waals surface area contributed by atoms with Crippen molar-refractivity contribution in [3.05, 3.63) is 71.8 Å². The maximum absolute atomic E-state index is 14.3. The minimum Gasteiger partial charge on any atom is -0.460 e. The number of halogens is 6. The Bertz CT molecular complexity index is 1350. The number of ether oxygens (including phenoxy) is 4. The quantitative estimate of drug-likeness (QED) is 0.178. The maximum atomic E-state index is 14.3. The smallest absolute Gasteiger partial charge is 0.432 e. The van der Waals surface area contributed by atoms with Gasteiger partial charge in [-0.2, -0.15) is 26.3 Å². The summed E-state index contributed by atoms with van der Waals surface area (Å²) in [5.74, 6) is -4.38. The Morgan fingerprint density at radius 3 is 1.65 bits per heavy atom. The number of rotatable bonds is 12. The molecule has 7 nitrogen and oxygen atoms in total. The number of Topliss-reactive ketones (excluding diaryl/α,β-unsaturated/α-hetero) is 1. The Balaban J connectivity index is 1.65. The first kappa shape index (κ1) is 37.0. The summed E-state index contributed by atoms with van der Waals surface area (Å²) in [5.41, 5.74) is -8.28. The monoisotopic (exact) mass is 660 g/mol. The van der Waals surface area contributed by atoms with Crippen LogP contribution in [-0.2, 0) is 44.5 Å². The zero-order valence-corrected chi connectivity index (χ0v) is 26.2. The van der Waals surface area contributed by atoms with Gasteiger partial charge in [-0.15, -0.1) is 0 Å². The minimum absolute atomic E-state index is 0.137. The molecule has 1 aliphatic rings. The van der Waals surface area contributed by atoms with Gasteiger partial charge in [-0.05, 0) is 36.5 Å². The third kappa shape index (κ3) is 7.25. The van der Waals surface area contributed by atoms with Crippen LogP contribution in [0, 0.1) is 17.3 Å². The highest BCUT2D eigenvalue weighted by atomic mass is 19.4. The van der Waals surface area contributed by atoms with Crippen molar-refractivity contribution in [1.29, 1.82) is 0 Å². The lowest BCUT2D eigenvalue weighted by Gasteiger charge is -2.46. The zero-order valence-electron chi connectivity index (χ0n) is 26.2. The van der Waals surface area contributed by atoms with Crippen molar-refractivity contribution in [3.8, 4) is 0 Å². The summed E-state index contributed by atoms with van der Waals surface area (Å²) in [6.45, 7) is 4.57. The molecule has 46 heavy (non-hydrogen) atoms. The summed E-state index contributed by atoms with van der Waals surface area (Å²) in [6.07, 6.45) is -10.7. The van der Waals surface area contributed by atoms with Crippen molar-refractivity contribution in [2.45, 2.75) is 76.1 Å². The molecule has 0 aliphatic heterocycles. The highest BCUT2D eigenvalue weighted by Gasteiger charge is 2.65. The molecule has 0 aromatic heterocycles. The van der Waals surface area contributed by atoms with Crippen LogP contribution >= 0.6 is 0 Å². The fraction of sp³-hybridized carbons (Fsp3) is 0.545. The van der Waals surface area contributed by atoms with Crippen LogP contribution in [0.5, 0.6) is 0 Å². The van der Waals surface area contributed by atoms with Gasteiger partial charge in [-0.1, -0.05) is 81.4 Å². The van der Waals surface area contributed by atoms with Gasteiger partial charge in [0.25, 0.3) is 11.2 Å². The fourth-order valence-corrected chi connectivity index (χ4v) is 6.58. The highest BCUT2D eigenvalue weighted by molar-refractivity contribution is 5.87. The lowest BCUT2D eigenvalue weighted by atomic mass is 9.61. The second kappa shape index (κ2) is 14.1. The number of ketones is 1. The Labute approximate surface area is 263 Å². The van der Waals surface area contributed by atoms with E-state index in [1.54, 1.807) is 0 Å². The van der Waals surface area contributed by atoms with Crippen molar-refractivity contribution in [1.82, 2.24) is 0 Å². The van der Waals surface area contributed by atoms with Gasteiger partial charge in [0.05, 0.1) is 0 Å². The van der Waals surface area contributed by atoms with Gasteiger partial charge in [-0.3, -0.25) is 4.79 Å². The summed E-state index contributed by atoms with van der Waals surface area (Å²) in [7, 11) is 1.51. The predicted molar refractivity (Wildman–Crippen MR) is 153 cm³/mol. The highest BCUT2D eigenvalue weighted by Crippen LogP contribution is 2.49. The fourth-order valence-electron chi connectivity index (χ4n) is 6.58. The molecule has 1 saturated carbocycles. The Kier molecular flexibility index (Phi) is 11.4. The van der Waals surface area contributed by atoms with Crippen LogP contribution in [0.1, 0.15) is 57.6 Å². The Hall–Kier alpha value is -3.45. The first-order valence-corrected chi connectivity index (χ1v) is 14.6. The molecule has 3 rings (SSSR count). The molecule has 254 valence electrons. The van der Waals surface area contributed by atoms with E-state index in [2.05, 4.69) is 4.74 Å². The van der Waals surface area contributed by atoms with Crippen LogP contribution in [0.4, 0.5) is 26.3 Å². The van der Waals surface area contributed by atoms with Crippen LogP contribution in [0.15, 0.2) is 60.7 Å². The maximum Gasteiger partial charge on any atom is 0.432 e. The summed E-state index contributed by atoms with van der Waals surface area (Å²) in [5, 5.41) is 0. The molecule has 0 N–H and O–H groups in total. The first-order chi connectivity index (χ1) is 21.4. The molecule has 2 aromatic rings. The normalized spacial score (nSPS) is 22.6. The third-order valence-electron chi connectivity index (χ3n) is 8.80. The average molecular weight is 661 g/mol. The first-order valence-electron chi connectivity index (χ1n) is 14.6. The van der Waals surface area contributed by atoms with E-state index in [-0.39, 0.29) is 37.5 Å². The lowest BCUT2D eigenvalue weighted by Crippen LogP contribution is -2.53. The summed E-state index contributed by atoms with van der Waals surface area (Å²) < 4.78 is 105. The van der Waals surface area contributed by atoms with Crippen molar-refractivity contribution in [3.63, 3.8) is 0 Å². The van der Waals surface area contributed by atoms with Crippen LogP contribution in [0.2, 0.25) is 0 Å². The second-order valence-corrected chi connectivity index (χ2v) is 12.2. The largest absolute Gasteiger partial charge is 0.460 e. The molecule has 5 atom stereocenters. The lowest BCUT2D eigenvalue weighted by molar-refractivity contribution is -0.279. The molecule has 0 heterocycles. The third-order valence-corrected chi connectivity index (χ3v) is 8.80. The summed E-state index contributed by atoms with van der Waals surface area (Å²) in [4.78, 5) is 38.6. The van der Waals surface area contributed by atoms with Crippen molar-refractivity contribution >= 4 is 17.7 Å². The molecule has 0 saturated heterocycles. The molecule has 0 unspecified atom stereocenters. The van der Waals surface area contributed by atoms with Crippen molar-refractivity contribution < 1.29 is 59.7 Å². The standard InChI is InChI=1S/C33H38F6O7/c1-21-18-25(46-28(42)31(44-5,33(37,38)39)23-14-10-7-11-15-23)19-29(2,3)26(21)17-16-24(40)20-45-27(41)30(43-4,32(34,35)36)22-12-8-6-9-13-22/h6-15,21,25-26H,16-20H2,1-5H3/t21-,25+,26+,30+,31+/m1/s1. The van der Waals surface area contributed by atoms with E-state index in [0.29, 0.717) is 0 Å². The Morgan fingerprint density at radius 1 is 0.783 bits per heavy atom. The van der Waals surface area contributed by atoms with Crippen molar-refractivity contribution in [2.75, 3.05) is 20.8 Å². The van der Waals surface area contributed by atoms with Crippen LogP contribution in [0.3, 0.4) is 0 Å². The molecule has 0 radical (unpaired) electrons. The van der Waals surface area contributed by atoms with Gasteiger partial charge in [0.1, 0.15) is 12.7 Å². The second-order valence-electron chi connectivity index (χ2n) is 12.2. The number of benzene rings is 2. The molecule has 0 bridgehead atoms. The molecule has 1 fully saturated rings. The molecule has 0 spiro atoms. The molecule has 0 amide bonds. The molecular weight excluding hydrogens is 622 g/mol. The zero-order chi connectivity index (χ0) is 34.6. The van der Waals surface area contributed by atoms with Gasteiger partial charge in [0, 0.05) is 31.8 Å². The number of hydrogen-bond acceptors (Lipinski definition) is 7. The van der Waals surface area contributed by atoms with Gasteiger partial charge < -0.3 is 18.9 Å². The van der Waals surface area contributed by atoms with E-state index >= 15 is 0 Å². The van der Waals surface area contributed by atoms with E-state index in [1.165, 1.54) is 36.4 Å². The molecule has 1 aliphatic carbocycles. The van der Waals surface area contributed by atoms with Gasteiger partial charge in [0.15, 0.2) is 5.78 Å². The molecule has 2 aromatic carbocycles. The number of esters is 2. The van der Waals surface area contributed by atoms with Gasteiger partial charge >= 0.3 is 24.3 Å². The Morgan fingerprint density at radius 2 is 1.24 bits per heavy atom. The van der Waals surface area contributed by atoms with E-state index in [9.17, 15) is 40.7 Å². The van der Waals surface area contributed by atoms with E-state index in [4.69, 9.17) is 14.2 Å². The number of carbonyl (C=O) groups is 3. The van der Waals surface area contributed by atoms with E-state index < -0.39 is 70.5 Å². The number of alkyl halides is 6. The van der Waals surface area contributed by atoms with Gasteiger partial charge in [0.2, 0.25) is 0 Å². The van der Waals surface area contributed by atoms with E-state index in [1.807, 2.05) is 20.8 Å². The van der Waals surface area contributed by atoms with Gasteiger partial charge in [-0.25, -0.2) is 9.59 Å². The SMILES string of the molecule is CO[C@](C(=O)OCC(=O)CC[C@H]1[C@H](C)C[C@H](OC(=O)[C@@](OC)(c2ccccc2)C(F)(F)F)CC1(C)C)(c1ccccc1)C(F)(F)F. The van der Waals surface area contributed by atoms with E-state index in [0.717, 1.165) is 38.5 Å². The minimum atomic E-state index is -5.19. The number of hydrogen-bond donors (Lipinski definition) is 0. The predicted octanol–water partition coefficient (Wildman–Crippen LogP) is 7.07. The van der Waals surface area contributed by atoms with Crippen LogP contribution < -0.4 is 0 Å². The number of carbonyl (C=O) groups excluding carboxylic acids is 3. The van der Waals surface area contributed by atoms with Crippen LogP contribution in [0.25, 0.3) is 0 Å². The number of methoxy groups -OCH3 is 2. The van der Waals surface area contributed by atoms with Crippen molar-refractivity contribution in [2.24, 2.45) is 17.3 Å².